The molecule has 2 atom stereocenters. The van der Waals surface area contributed by atoms with Crippen LogP contribution in [-0.2, 0) is 9.53 Å². The summed E-state index contributed by atoms with van der Waals surface area (Å²) in [7, 11) is 0. The second kappa shape index (κ2) is 7.96. The van der Waals surface area contributed by atoms with Crippen molar-refractivity contribution in [2.45, 2.75) is 32.8 Å². The highest BCUT2D eigenvalue weighted by atomic mass is 16.7. The number of carboxylic acids is 1. The van der Waals surface area contributed by atoms with Gasteiger partial charge < -0.3 is 14.6 Å². The second-order valence-electron chi connectivity index (χ2n) is 4.71. The van der Waals surface area contributed by atoms with Crippen molar-refractivity contribution in [1.82, 2.24) is 0 Å². The molecular weight excluding hydrogens is 294 g/mol. The molecule has 0 amide bonds. The Bertz CT molecular complexity index is 541. The van der Waals surface area contributed by atoms with Crippen LogP contribution in [0.15, 0.2) is 24.3 Å². The van der Waals surface area contributed by atoms with Crippen molar-refractivity contribution in [3.05, 3.63) is 34.4 Å². The van der Waals surface area contributed by atoms with Gasteiger partial charge in [0.15, 0.2) is 0 Å². The minimum absolute atomic E-state index is 0.105. The standard InChI is InChI=1S/C14H17NO7/c1-3-10(13(16)17)8-9(2)21-14(18)22-12-6-4-11(5-7-12)15(19)20/h4-7,9-10H,3,8H2,1-2H3,(H,16,17). The van der Waals surface area contributed by atoms with Gasteiger partial charge in [0.05, 0.1) is 10.8 Å². The van der Waals surface area contributed by atoms with Gasteiger partial charge in [0.2, 0.25) is 0 Å². The summed E-state index contributed by atoms with van der Waals surface area (Å²) in [4.78, 5) is 32.4. The van der Waals surface area contributed by atoms with Gasteiger partial charge in [0.1, 0.15) is 11.9 Å². The first kappa shape index (κ1) is 17.4. The number of ether oxygens (including phenoxy) is 2. The topological polar surface area (TPSA) is 116 Å². The van der Waals surface area contributed by atoms with E-state index in [1.54, 1.807) is 13.8 Å². The third-order valence-electron chi connectivity index (χ3n) is 3.00. The number of nitro groups is 1. The quantitative estimate of drug-likeness (QED) is 0.356. The number of carbonyl (C=O) groups is 2. The molecule has 0 aliphatic rings. The summed E-state index contributed by atoms with van der Waals surface area (Å²) in [5.74, 6) is -1.43. The highest BCUT2D eigenvalue weighted by Gasteiger charge is 2.21. The number of carboxylic acid groups (broad SMARTS) is 1. The summed E-state index contributed by atoms with van der Waals surface area (Å²) in [5, 5.41) is 19.4. The van der Waals surface area contributed by atoms with Gasteiger partial charge in [0, 0.05) is 12.1 Å². The fraction of sp³-hybridized carbons (Fsp3) is 0.429. The van der Waals surface area contributed by atoms with Crippen LogP contribution in [0.5, 0.6) is 5.75 Å². The number of carbonyl (C=O) groups excluding carboxylic acids is 1. The van der Waals surface area contributed by atoms with Crippen LogP contribution in [0, 0.1) is 16.0 Å². The molecule has 0 spiro atoms. The zero-order chi connectivity index (χ0) is 16.7. The molecule has 0 aliphatic heterocycles. The molecule has 0 saturated carbocycles. The number of hydrogen-bond acceptors (Lipinski definition) is 6. The zero-order valence-corrected chi connectivity index (χ0v) is 12.2. The predicted molar refractivity (Wildman–Crippen MR) is 75.7 cm³/mol. The van der Waals surface area contributed by atoms with E-state index in [9.17, 15) is 19.7 Å². The first-order valence-corrected chi connectivity index (χ1v) is 6.69. The molecule has 1 aromatic carbocycles. The Hall–Kier alpha value is -2.64. The van der Waals surface area contributed by atoms with Crippen molar-refractivity contribution in [3.63, 3.8) is 0 Å². The van der Waals surface area contributed by atoms with Gasteiger partial charge in [0.25, 0.3) is 5.69 Å². The summed E-state index contributed by atoms with van der Waals surface area (Å²) >= 11 is 0. The average molecular weight is 311 g/mol. The Morgan fingerprint density at radius 1 is 1.32 bits per heavy atom. The molecule has 0 bridgehead atoms. The Morgan fingerprint density at radius 3 is 2.36 bits per heavy atom. The molecule has 0 fully saturated rings. The summed E-state index contributed by atoms with van der Waals surface area (Å²) in [5.41, 5.74) is -0.124. The highest BCUT2D eigenvalue weighted by molar-refractivity contribution is 5.70. The third-order valence-corrected chi connectivity index (χ3v) is 3.00. The molecule has 1 rings (SSSR count). The summed E-state index contributed by atoms with van der Waals surface area (Å²) in [6, 6.07) is 4.94. The monoisotopic (exact) mass is 311 g/mol. The van der Waals surface area contributed by atoms with Crippen LogP contribution in [0.3, 0.4) is 0 Å². The van der Waals surface area contributed by atoms with Crippen LogP contribution >= 0.6 is 0 Å². The molecule has 1 aromatic rings. The van der Waals surface area contributed by atoms with Crippen LogP contribution in [0.25, 0.3) is 0 Å². The van der Waals surface area contributed by atoms with Crippen LogP contribution in [0.4, 0.5) is 10.5 Å². The van der Waals surface area contributed by atoms with Gasteiger partial charge in [-0.1, -0.05) is 6.92 Å². The van der Waals surface area contributed by atoms with Crippen molar-refractivity contribution in [1.29, 1.82) is 0 Å². The van der Waals surface area contributed by atoms with E-state index in [0.29, 0.717) is 6.42 Å². The Balaban J connectivity index is 2.51. The molecule has 2 unspecified atom stereocenters. The zero-order valence-electron chi connectivity index (χ0n) is 12.2. The number of nitro benzene ring substituents is 1. The van der Waals surface area contributed by atoms with E-state index < -0.39 is 29.1 Å². The summed E-state index contributed by atoms with van der Waals surface area (Å²) < 4.78 is 9.82. The van der Waals surface area contributed by atoms with Crippen LogP contribution < -0.4 is 4.74 Å². The lowest BCUT2D eigenvalue weighted by Gasteiger charge is -2.16. The largest absolute Gasteiger partial charge is 0.514 e. The molecule has 8 heteroatoms. The molecule has 0 radical (unpaired) electrons. The van der Waals surface area contributed by atoms with E-state index in [2.05, 4.69) is 0 Å². The number of nitrogens with zero attached hydrogens (tertiary/aromatic N) is 1. The Kier molecular flexibility index (Phi) is 6.30. The molecule has 120 valence electrons. The number of non-ortho nitro benzene ring substituents is 1. The number of benzene rings is 1. The molecule has 22 heavy (non-hydrogen) atoms. The van der Waals surface area contributed by atoms with E-state index in [4.69, 9.17) is 14.6 Å². The predicted octanol–water partition coefficient (Wildman–Crippen LogP) is 3.00. The summed E-state index contributed by atoms with van der Waals surface area (Å²) in [6.45, 7) is 3.31. The molecule has 0 aliphatic carbocycles. The molecule has 0 aromatic heterocycles. The minimum Gasteiger partial charge on any atom is -0.481 e. The second-order valence-corrected chi connectivity index (χ2v) is 4.71. The van der Waals surface area contributed by atoms with E-state index in [0.717, 1.165) is 0 Å². The van der Waals surface area contributed by atoms with Crippen LogP contribution in [0.1, 0.15) is 26.7 Å². The Morgan fingerprint density at radius 2 is 1.91 bits per heavy atom. The van der Waals surface area contributed by atoms with Crippen molar-refractivity contribution in [2.75, 3.05) is 0 Å². The van der Waals surface area contributed by atoms with Gasteiger partial charge in [-0.3, -0.25) is 14.9 Å². The van der Waals surface area contributed by atoms with Gasteiger partial charge in [-0.05, 0) is 31.9 Å². The highest BCUT2D eigenvalue weighted by Crippen LogP contribution is 2.19. The van der Waals surface area contributed by atoms with E-state index in [1.165, 1.54) is 24.3 Å². The fourth-order valence-corrected chi connectivity index (χ4v) is 1.81. The van der Waals surface area contributed by atoms with Gasteiger partial charge in [-0.15, -0.1) is 0 Å². The molecule has 0 saturated heterocycles. The SMILES string of the molecule is CCC(CC(C)OC(=O)Oc1ccc([N+](=O)[O-])cc1)C(=O)O. The first-order chi connectivity index (χ1) is 10.3. The van der Waals surface area contributed by atoms with Gasteiger partial charge in [-0.2, -0.15) is 0 Å². The van der Waals surface area contributed by atoms with Crippen molar-refractivity contribution in [3.8, 4) is 5.75 Å². The lowest BCUT2D eigenvalue weighted by Crippen LogP contribution is -2.24. The van der Waals surface area contributed by atoms with E-state index in [-0.39, 0.29) is 17.9 Å². The molecule has 0 heterocycles. The normalized spacial score (nSPS) is 13.0. The maximum absolute atomic E-state index is 11.6. The summed E-state index contributed by atoms with van der Waals surface area (Å²) in [6.07, 6.45) is -0.991. The van der Waals surface area contributed by atoms with E-state index in [1.807, 2.05) is 0 Å². The van der Waals surface area contributed by atoms with Gasteiger partial charge >= 0.3 is 12.1 Å². The van der Waals surface area contributed by atoms with Gasteiger partial charge in [-0.25, -0.2) is 4.79 Å². The van der Waals surface area contributed by atoms with Crippen molar-refractivity contribution < 1.29 is 29.1 Å². The minimum atomic E-state index is -0.985. The smallest absolute Gasteiger partial charge is 0.481 e. The van der Waals surface area contributed by atoms with Crippen molar-refractivity contribution >= 4 is 17.8 Å². The molecular formula is C14H17NO7. The van der Waals surface area contributed by atoms with Crippen LogP contribution in [-0.4, -0.2) is 28.3 Å². The molecule has 1 N–H and O–H groups in total. The third kappa shape index (κ3) is 5.39. The maximum atomic E-state index is 11.6. The van der Waals surface area contributed by atoms with Crippen molar-refractivity contribution in [2.24, 2.45) is 5.92 Å². The number of aliphatic carboxylic acids is 1. The molecule has 8 nitrogen and oxygen atoms in total. The lowest BCUT2D eigenvalue weighted by atomic mass is 10.00. The lowest BCUT2D eigenvalue weighted by molar-refractivity contribution is -0.384. The Labute approximate surface area is 126 Å². The fourth-order valence-electron chi connectivity index (χ4n) is 1.81. The maximum Gasteiger partial charge on any atom is 0.514 e. The average Bonchev–Trinajstić information content (AvgIpc) is 2.44. The number of rotatable bonds is 7. The van der Waals surface area contributed by atoms with Crippen LogP contribution in [0.2, 0.25) is 0 Å². The van der Waals surface area contributed by atoms with E-state index >= 15 is 0 Å². The first-order valence-electron chi connectivity index (χ1n) is 6.69. The number of hydrogen-bond donors (Lipinski definition) is 1.